The van der Waals surface area contributed by atoms with Crippen LogP contribution in [0, 0.1) is 52.3 Å². The molecule has 4 aliphatic carbocycles. The second kappa shape index (κ2) is 18.6. The minimum absolute atomic E-state index is 0.0436. The monoisotopic (exact) mass is 906 g/mol. The van der Waals surface area contributed by atoms with E-state index in [-0.39, 0.29) is 53.8 Å². The van der Waals surface area contributed by atoms with Crippen molar-refractivity contribution in [2.45, 2.75) is 196 Å². The number of aliphatic hydroxyl groups excluding tert-OH is 11. The zero-order valence-electron chi connectivity index (χ0n) is 36.8. The average molecular weight is 907 g/mol. The molecule has 0 aromatic carbocycles. The van der Waals surface area contributed by atoms with Crippen molar-refractivity contribution in [3.8, 4) is 0 Å². The third kappa shape index (κ3) is 8.58. The highest BCUT2D eigenvalue weighted by Crippen LogP contribution is 2.71. The normalized spacial score (nSPS) is 56.3. The van der Waals surface area contributed by atoms with Crippen LogP contribution in [0.5, 0.6) is 0 Å². The molecule has 8 aliphatic rings. The van der Waals surface area contributed by atoms with E-state index in [1.54, 1.807) is 0 Å². The first-order valence-electron chi connectivity index (χ1n) is 23.4. The summed E-state index contributed by atoms with van der Waals surface area (Å²) in [5, 5.41) is 127. The molecule has 0 aromatic heterocycles. The van der Waals surface area contributed by atoms with Crippen LogP contribution >= 0.6 is 0 Å². The third-order valence-corrected chi connectivity index (χ3v) is 17.6. The molecule has 27 atom stereocenters. The molecule has 8 rings (SSSR count). The quantitative estimate of drug-likeness (QED) is 0.0928. The van der Waals surface area contributed by atoms with E-state index in [0.717, 1.165) is 32.1 Å². The first-order chi connectivity index (χ1) is 29.8. The molecule has 364 valence electrons. The summed E-state index contributed by atoms with van der Waals surface area (Å²) in [5.74, 6) is 0.0396. The van der Waals surface area contributed by atoms with E-state index >= 15 is 0 Å². The SMILES string of the molecule is C[C@H](CC[C@@]1(O)O[C@H]2C[C@H]3[C@@H]4CC[C@H]5C[C@@H](O[C@@H]6O[C@H](CO)[C@H](O[C@@H]7OC[C@@H](O)[C@H](O)[C@H]7O)[C@H](O)[C@H]6O)[C@H](O)C[C@]5(C)[C@H]4CC[C@]3(C)[C@H]2[C@@H]1C)CO[C@@H]1O[C@H](CO)[C@H](O)[C@H](O)[C@H]1O. The Bertz CT molecular complexity index is 1540. The molecule has 4 heterocycles. The van der Waals surface area contributed by atoms with Crippen molar-refractivity contribution < 1.29 is 94.4 Å². The standard InChI is InChI=1S/C44H74O19/c1-18(16-57-39-36(54)33(51)32(50)28(14-45)60-39)7-10-44(56)19(2)30-27(63-44)12-23-21-6-5-20-11-26(24(47)13-43(20,4)22(21)8-9-42(23,30)3)59-41-37(55)34(52)38(29(15-46)61-41)62-40-35(53)31(49)25(48)17-58-40/h18-41,45-56H,5-17H2,1-4H3/t18-,19+,20+,21-,22+,23+,24-,25-,26-,27+,28-,29-,30+,31+,32+,33+,34-,35-,36-,37-,38+,39-,40+,41-,42+,43+,44-/m1/s1. The van der Waals surface area contributed by atoms with Crippen molar-refractivity contribution in [3.05, 3.63) is 0 Å². The first-order valence-corrected chi connectivity index (χ1v) is 23.4. The van der Waals surface area contributed by atoms with E-state index in [1.165, 1.54) is 0 Å². The minimum Gasteiger partial charge on any atom is -0.394 e. The van der Waals surface area contributed by atoms with Crippen LogP contribution in [0.2, 0.25) is 0 Å². The molecule has 19 heteroatoms. The van der Waals surface area contributed by atoms with Crippen LogP contribution in [0.15, 0.2) is 0 Å². The Hall–Kier alpha value is -0.760. The maximum Gasteiger partial charge on any atom is 0.187 e. The number of hydrogen-bond acceptors (Lipinski definition) is 19. The molecule has 19 nitrogen and oxygen atoms in total. The molecule has 4 aliphatic heterocycles. The number of hydrogen-bond donors (Lipinski definition) is 12. The van der Waals surface area contributed by atoms with Gasteiger partial charge in [0.2, 0.25) is 0 Å². The molecule has 0 spiro atoms. The van der Waals surface area contributed by atoms with Crippen molar-refractivity contribution in [2.24, 2.45) is 52.3 Å². The van der Waals surface area contributed by atoms with Gasteiger partial charge in [-0.05, 0) is 97.7 Å². The second-order valence-corrected chi connectivity index (χ2v) is 21.2. The summed E-state index contributed by atoms with van der Waals surface area (Å²) in [6.07, 6.45) is -15.0. The summed E-state index contributed by atoms with van der Waals surface area (Å²) >= 11 is 0. The van der Waals surface area contributed by atoms with Crippen LogP contribution < -0.4 is 0 Å². The van der Waals surface area contributed by atoms with Crippen molar-refractivity contribution in [1.82, 2.24) is 0 Å². The van der Waals surface area contributed by atoms with Crippen molar-refractivity contribution in [2.75, 3.05) is 26.4 Å². The molecule has 63 heavy (non-hydrogen) atoms. The van der Waals surface area contributed by atoms with E-state index in [2.05, 4.69) is 20.8 Å². The van der Waals surface area contributed by atoms with Gasteiger partial charge in [0.1, 0.15) is 67.1 Å². The lowest BCUT2D eigenvalue weighted by atomic mass is 9.44. The molecule has 0 aromatic rings. The van der Waals surface area contributed by atoms with Gasteiger partial charge in [-0.3, -0.25) is 0 Å². The van der Waals surface area contributed by atoms with Crippen molar-refractivity contribution >= 4 is 0 Å². The minimum atomic E-state index is -1.66. The van der Waals surface area contributed by atoms with Gasteiger partial charge in [0, 0.05) is 12.3 Å². The van der Waals surface area contributed by atoms with Crippen LogP contribution in [0.4, 0.5) is 0 Å². The molecule has 8 fully saturated rings. The third-order valence-electron chi connectivity index (χ3n) is 17.6. The first kappa shape index (κ1) is 48.7. The number of rotatable bonds is 12. The lowest BCUT2D eigenvalue weighted by Crippen LogP contribution is -2.64. The van der Waals surface area contributed by atoms with Gasteiger partial charge in [0.05, 0.1) is 44.7 Å². The van der Waals surface area contributed by atoms with E-state index in [9.17, 15) is 61.3 Å². The van der Waals surface area contributed by atoms with Crippen molar-refractivity contribution in [1.29, 1.82) is 0 Å². The average Bonchev–Trinajstić information content (AvgIpc) is 3.69. The van der Waals surface area contributed by atoms with Crippen LogP contribution in [0.25, 0.3) is 0 Å². The number of fused-ring (bicyclic) bond motifs is 7. The predicted molar refractivity (Wildman–Crippen MR) is 214 cm³/mol. The largest absolute Gasteiger partial charge is 0.394 e. The van der Waals surface area contributed by atoms with Gasteiger partial charge in [-0.1, -0.05) is 27.7 Å². The second-order valence-electron chi connectivity index (χ2n) is 21.2. The molecule has 0 radical (unpaired) electrons. The predicted octanol–water partition coefficient (Wildman–Crippen LogP) is -2.17. The highest BCUT2D eigenvalue weighted by Gasteiger charge is 2.69. The lowest BCUT2D eigenvalue weighted by Gasteiger charge is -2.62. The molecule has 0 bridgehead atoms. The maximum atomic E-state index is 12.0. The van der Waals surface area contributed by atoms with Gasteiger partial charge < -0.3 is 94.4 Å². The zero-order valence-corrected chi connectivity index (χ0v) is 36.8. The van der Waals surface area contributed by atoms with Gasteiger partial charge >= 0.3 is 0 Å². The van der Waals surface area contributed by atoms with E-state index in [0.29, 0.717) is 43.4 Å². The molecular formula is C44H74O19. The van der Waals surface area contributed by atoms with Crippen LogP contribution in [-0.2, 0) is 33.2 Å². The summed E-state index contributed by atoms with van der Waals surface area (Å²) in [6, 6.07) is 0. The van der Waals surface area contributed by atoms with Crippen LogP contribution in [-0.4, -0.2) is 198 Å². The fourth-order valence-corrected chi connectivity index (χ4v) is 13.9. The lowest BCUT2D eigenvalue weighted by molar-refractivity contribution is -0.358. The van der Waals surface area contributed by atoms with E-state index < -0.39 is 117 Å². The molecule has 0 amide bonds. The van der Waals surface area contributed by atoms with E-state index in [1.807, 2.05) is 6.92 Å². The zero-order chi connectivity index (χ0) is 45.5. The van der Waals surface area contributed by atoms with Gasteiger partial charge in [-0.15, -0.1) is 0 Å². The molecule has 4 saturated carbocycles. The molecule has 12 N–H and O–H groups in total. The highest BCUT2D eigenvalue weighted by molar-refractivity contribution is 5.15. The highest BCUT2D eigenvalue weighted by atomic mass is 16.7. The summed E-state index contributed by atoms with van der Waals surface area (Å²) in [7, 11) is 0. The Morgan fingerprint density at radius 2 is 1.38 bits per heavy atom. The fourth-order valence-electron chi connectivity index (χ4n) is 13.9. The van der Waals surface area contributed by atoms with Crippen LogP contribution in [0.3, 0.4) is 0 Å². The van der Waals surface area contributed by atoms with Gasteiger partial charge in [-0.25, -0.2) is 0 Å². The van der Waals surface area contributed by atoms with Crippen LogP contribution in [0.1, 0.15) is 85.5 Å². The molecule has 4 saturated heterocycles. The van der Waals surface area contributed by atoms with Gasteiger partial charge in [0.15, 0.2) is 24.7 Å². The van der Waals surface area contributed by atoms with Gasteiger partial charge in [-0.2, -0.15) is 0 Å². The number of aliphatic hydroxyl groups is 12. The maximum absolute atomic E-state index is 12.0. The van der Waals surface area contributed by atoms with Crippen molar-refractivity contribution in [3.63, 3.8) is 0 Å². The summed E-state index contributed by atoms with van der Waals surface area (Å²) in [5.41, 5.74) is -0.225. The topological polar surface area (TPSA) is 307 Å². The number of ether oxygens (including phenoxy) is 7. The summed E-state index contributed by atoms with van der Waals surface area (Å²) < 4.78 is 41.1. The smallest absolute Gasteiger partial charge is 0.187 e. The Balaban J connectivity index is 0.851. The Morgan fingerprint density at radius 1 is 0.698 bits per heavy atom. The Labute approximate surface area is 368 Å². The fraction of sp³-hybridized carbons (Fsp3) is 1.00. The van der Waals surface area contributed by atoms with Gasteiger partial charge in [0.25, 0.3) is 0 Å². The molecular weight excluding hydrogens is 832 g/mol. The Kier molecular flexibility index (Phi) is 14.4. The summed E-state index contributed by atoms with van der Waals surface area (Å²) in [4.78, 5) is 0. The summed E-state index contributed by atoms with van der Waals surface area (Å²) in [6.45, 7) is 7.37. The van der Waals surface area contributed by atoms with E-state index in [4.69, 9.17) is 33.2 Å². The Morgan fingerprint density at radius 3 is 2.10 bits per heavy atom. The molecule has 0 unspecified atom stereocenters.